The van der Waals surface area contributed by atoms with Gasteiger partial charge in [0, 0.05) is 30.4 Å². The number of nitrogens with one attached hydrogen (secondary N) is 1. The first kappa shape index (κ1) is 9.15. The molecule has 0 amide bonds. The van der Waals surface area contributed by atoms with Crippen molar-refractivity contribution >= 4 is 11.0 Å². The monoisotopic (exact) mass is 212 g/mol. The molecule has 16 heavy (non-hydrogen) atoms. The van der Waals surface area contributed by atoms with E-state index in [4.69, 9.17) is 0 Å². The predicted molar refractivity (Wildman–Crippen MR) is 63.0 cm³/mol. The van der Waals surface area contributed by atoms with Crippen LogP contribution >= 0.6 is 0 Å². The van der Waals surface area contributed by atoms with Crippen LogP contribution in [0.3, 0.4) is 0 Å². The second-order valence-corrected chi connectivity index (χ2v) is 3.94. The van der Waals surface area contributed by atoms with E-state index >= 15 is 0 Å². The number of rotatable bonds is 1. The van der Waals surface area contributed by atoms with E-state index in [-0.39, 0.29) is 0 Å². The third-order valence-corrected chi connectivity index (χ3v) is 2.94. The molecule has 80 valence electrons. The Balaban J connectivity index is 2.36. The molecule has 0 saturated carbocycles. The lowest BCUT2D eigenvalue weighted by atomic mass is 10.2. The molecule has 0 aliphatic rings. The van der Waals surface area contributed by atoms with Crippen LogP contribution < -0.4 is 0 Å². The molecule has 4 nitrogen and oxygen atoms in total. The number of aryl methyl sites for hydroxylation is 2. The summed E-state index contributed by atoms with van der Waals surface area (Å²) in [5, 5.41) is 8.00. The zero-order chi connectivity index (χ0) is 11.1. The van der Waals surface area contributed by atoms with Crippen molar-refractivity contribution in [1.82, 2.24) is 19.7 Å². The van der Waals surface area contributed by atoms with Crippen LogP contribution in [0, 0.1) is 6.92 Å². The first-order valence-electron chi connectivity index (χ1n) is 5.17. The predicted octanol–water partition coefficient (Wildman–Crippen LogP) is 2.27. The molecule has 3 rings (SSSR count). The van der Waals surface area contributed by atoms with Gasteiger partial charge in [-0.05, 0) is 24.6 Å². The minimum atomic E-state index is 1.01. The molecule has 0 radical (unpaired) electrons. The highest BCUT2D eigenvalue weighted by molar-refractivity contribution is 5.86. The molecule has 0 fully saturated rings. The summed E-state index contributed by atoms with van der Waals surface area (Å²) < 4.78 is 2.09. The topological polar surface area (TPSA) is 46.5 Å². The smallest absolute Gasteiger partial charge is 0.140 e. The van der Waals surface area contributed by atoms with Crippen molar-refractivity contribution in [2.75, 3.05) is 0 Å². The maximum absolute atomic E-state index is 4.40. The molecule has 0 unspecified atom stereocenters. The third kappa shape index (κ3) is 1.16. The molecule has 0 bridgehead atoms. The average molecular weight is 212 g/mol. The Bertz CT molecular complexity index is 634. The molecular weight excluding hydrogens is 200 g/mol. The molecule has 0 atom stereocenters. The molecular formula is C12H12N4. The minimum Gasteiger partial charge on any atom is -0.328 e. The number of aromatic amines is 1. The lowest BCUT2D eigenvalue weighted by Crippen LogP contribution is -1.92. The van der Waals surface area contributed by atoms with E-state index < -0.39 is 0 Å². The summed E-state index contributed by atoms with van der Waals surface area (Å²) in [6, 6.07) is 4.18. The van der Waals surface area contributed by atoms with Crippen LogP contribution in [0.4, 0.5) is 0 Å². The Morgan fingerprint density at radius 3 is 2.94 bits per heavy atom. The van der Waals surface area contributed by atoms with Crippen molar-refractivity contribution in [3.63, 3.8) is 0 Å². The summed E-state index contributed by atoms with van der Waals surface area (Å²) in [6.45, 7) is 2.10. The summed E-state index contributed by atoms with van der Waals surface area (Å²) in [5.74, 6) is 0. The quantitative estimate of drug-likeness (QED) is 0.672. The first-order valence-corrected chi connectivity index (χ1v) is 5.17. The Labute approximate surface area is 92.9 Å². The molecule has 4 heteroatoms. The van der Waals surface area contributed by atoms with Gasteiger partial charge in [0.15, 0.2) is 0 Å². The number of nitrogens with zero attached hydrogens (tertiary/aromatic N) is 3. The normalized spacial score (nSPS) is 11.1. The van der Waals surface area contributed by atoms with Crippen molar-refractivity contribution in [2.24, 2.45) is 7.05 Å². The molecule has 0 spiro atoms. The minimum absolute atomic E-state index is 1.01. The zero-order valence-corrected chi connectivity index (χ0v) is 9.23. The maximum atomic E-state index is 4.40. The number of aromatic nitrogens is 4. The molecule has 1 N–H and O–H groups in total. The summed E-state index contributed by atoms with van der Waals surface area (Å²) in [7, 11) is 2.02. The van der Waals surface area contributed by atoms with Crippen LogP contribution in [0.2, 0.25) is 0 Å². The van der Waals surface area contributed by atoms with Gasteiger partial charge in [0.25, 0.3) is 0 Å². The van der Waals surface area contributed by atoms with E-state index in [0.29, 0.717) is 0 Å². The number of hydrogen-bond donors (Lipinski definition) is 1. The van der Waals surface area contributed by atoms with E-state index in [0.717, 1.165) is 16.9 Å². The Hall–Kier alpha value is -2.10. The molecule has 3 aromatic heterocycles. The summed E-state index contributed by atoms with van der Waals surface area (Å²) in [6.07, 6.45) is 5.56. The number of hydrogen-bond acceptors (Lipinski definition) is 2. The standard InChI is InChI=1S/C12H12N4/c1-8-3-4-13-12-10(8)5-11(16(12)2)9-6-14-15-7-9/h3-7H,1-2H3,(H,14,15). The SMILES string of the molecule is Cc1ccnc2c1cc(-c1cn[nH]c1)n2C. The van der Waals surface area contributed by atoms with Gasteiger partial charge in [-0.25, -0.2) is 4.98 Å². The van der Waals surface area contributed by atoms with Gasteiger partial charge >= 0.3 is 0 Å². The largest absolute Gasteiger partial charge is 0.328 e. The van der Waals surface area contributed by atoms with Gasteiger partial charge in [-0.1, -0.05) is 0 Å². The fourth-order valence-electron chi connectivity index (χ4n) is 2.02. The van der Waals surface area contributed by atoms with Gasteiger partial charge in [-0.2, -0.15) is 5.10 Å². The number of fused-ring (bicyclic) bond motifs is 1. The third-order valence-electron chi connectivity index (χ3n) is 2.94. The highest BCUT2D eigenvalue weighted by Gasteiger charge is 2.10. The lowest BCUT2D eigenvalue weighted by molar-refractivity contribution is 0.957. The van der Waals surface area contributed by atoms with Crippen LogP contribution in [-0.2, 0) is 7.05 Å². The Morgan fingerprint density at radius 2 is 2.25 bits per heavy atom. The highest BCUT2D eigenvalue weighted by Crippen LogP contribution is 2.26. The molecule has 0 aromatic carbocycles. The number of H-pyrrole nitrogens is 1. The van der Waals surface area contributed by atoms with Crippen LogP contribution in [-0.4, -0.2) is 19.7 Å². The van der Waals surface area contributed by atoms with Gasteiger partial charge in [0.2, 0.25) is 0 Å². The fraction of sp³-hybridized carbons (Fsp3) is 0.167. The highest BCUT2D eigenvalue weighted by atomic mass is 15.1. The number of pyridine rings is 1. The van der Waals surface area contributed by atoms with Crippen molar-refractivity contribution in [1.29, 1.82) is 0 Å². The van der Waals surface area contributed by atoms with E-state index in [1.165, 1.54) is 10.9 Å². The molecule has 0 aliphatic carbocycles. The van der Waals surface area contributed by atoms with Gasteiger partial charge < -0.3 is 4.57 Å². The Kier molecular flexibility index (Phi) is 1.83. The molecule has 3 heterocycles. The van der Waals surface area contributed by atoms with E-state index in [1.54, 1.807) is 0 Å². The molecule has 3 aromatic rings. The molecule has 0 saturated heterocycles. The average Bonchev–Trinajstić information content (AvgIpc) is 2.88. The van der Waals surface area contributed by atoms with Crippen LogP contribution in [0.1, 0.15) is 5.56 Å². The summed E-state index contributed by atoms with van der Waals surface area (Å²) in [5.41, 5.74) is 4.47. The lowest BCUT2D eigenvalue weighted by Gasteiger charge is -2.00. The summed E-state index contributed by atoms with van der Waals surface area (Å²) in [4.78, 5) is 4.40. The second kappa shape index (κ2) is 3.20. The summed E-state index contributed by atoms with van der Waals surface area (Å²) >= 11 is 0. The van der Waals surface area contributed by atoms with E-state index in [9.17, 15) is 0 Å². The van der Waals surface area contributed by atoms with Crippen molar-refractivity contribution in [3.8, 4) is 11.3 Å². The fourth-order valence-corrected chi connectivity index (χ4v) is 2.02. The van der Waals surface area contributed by atoms with Gasteiger partial charge in [-0.3, -0.25) is 5.10 Å². The van der Waals surface area contributed by atoms with Crippen LogP contribution in [0.5, 0.6) is 0 Å². The van der Waals surface area contributed by atoms with Crippen molar-refractivity contribution in [3.05, 3.63) is 36.3 Å². The van der Waals surface area contributed by atoms with Crippen molar-refractivity contribution < 1.29 is 0 Å². The van der Waals surface area contributed by atoms with E-state index in [2.05, 4.69) is 32.7 Å². The second-order valence-electron chi connectivity index (χ2n) is 3.94. The van der Waals surface area contributed by atoms with Crippen LogP contribution in [0.25, 0.3) is 22.3 Å². The Morgan fingerprint density at radius 1 is 1.38 bits per heavy atom. The zero-order valence-electron chi connectivity index (χ0n) is 9.23. The van der Waals surface area contributed by atoms with Crippen molar-refractivity contribution in [2.45, 2.75) is 6.92 Å². The van der Waals surface area contributed by atoms with Crippen LogP contribution in [0.15, 0.2) is 30.7 Å². The molecule has 0 aliphatic heterocycles. The first-order chi connectivity index (χ1) is 7.77. The maximum Gasteiger partial charge on any atom is 0.140 e. The van der Waals surface area contributed by atoms with Gasteiger partial charge in [0.05, 0.1) is 11.9 Å². The van der Waals surface area contributed by atoms with Gasteiger partial charge in [0.1, 0.15) is 5.65 Å². The van der Waals surface area contributed by atoms with Gasteiger partial charge in [-0.15, -0.1) is 0 Å². The van der Waals surface area contributed by atoms with E-state index in [1.807, 2.05) is 31.7 Å².